The molecule has 1 aromatic carbocycles. The highest BCUT2D eigenvalue weighted by molar-refractivity contribution is 5.75. The van der Waals surface area contributed by atoms with E-state index in [1.165, 1.54) is 18.4 Å². The average molecular weight is 261 g/mol. The van der Waals surface area contributed by atoms with E-state index >= 15 is 0 Å². The maximum absolute atomic E-state index is 11.8. The van der Waals surface area contributed by atoms with Crippen molar-refractivity contribution in [2.75, 3.05) is 11.9 Å². The molecule has 1 fully saturated rings. The minimum Gasteiger partial charge on any atom is -0.461 e. The minimum absolute atomic E-state index is 0.121. The van der Waals surface area contributed by atoms with E-state index in [2.05, 4.69) is 12.2 Å². The number of nitrogens with one attached hydrogen (secondary N) is 1. The molecule has 1 N–H and O–H groups in total. The van der Waals surface area contributed by atoms with E-state index in [0.29, 0.717) is 5.92 Å². The molecule has 0 bridgehead atoms. The number of aryl methyl sites for hydroxylation is 1. The molecule has 19 heavy (non-hydrogen) atoms. The molecule has 0 radical (unpaired) electrons. The van der Waals surface area contributed by atoms with Crippen LogP contribution in [0, 0.1) is 12.8 Å². The molecule has 3 nitrogen and oxygen atoms in total. The van der Waals surface area contributed by atoms with Crippen LogP contribution in [-0.4, -0.2) is 18.6 Å². The van der Waals surface area contributed by atoms with Gasteiger partial charge in [0.15, 0.2) is 0 Å². The number of benzene rings is 1. The maximum Gasteiger partial charge on any atom is 0.325 e. The Morgan fingerprint density at radius 1 is 1.32 bits per heavy atom. The lowest BCUT2D eigenvalue weighted by molar-refractivity contribution is -0.148. The van der Waals surface area contributed by atoms with Crippen molar-refractivity contribution in [1.29, 1.82) is 0 Å². The van der Waals surface area contributed by atoms with Gasteiger partial charge in [0.1, 0.15) is 12.6 Å². The SMILES string of the molecule is Cc1ccc(NCC(=O)OC2CCCC(C)C2)cc1. The molecule has 1 aliphatic rings. The number of esters is 1. The lowest BCUT2D eigenvalue weighted by atomic mass is 9.89. The van der Waals surface area contributed by atoms with Crippen LogP contribution in [0.15, 0.2) is 24.3 Å². The third-order valence-electron chi connectivity index (χ3n) is 3.67. The highest BCUT2D eigenvalue weighted by Crippen LogP contribution is 2.25. The summed E-state index contributed by atoms with van der Waals surface area (Å²) >= 11 is 0. The first-order valence-corrected chi connectivity index (χ1v) is 7.13. The second-order valence-corrected chi connectivity index (χ2v) is 5.60. The van der Waals surface area contributed by atoms with Gasteiger partial charge in [-0.05, 0) is 44.2 Å². The van der Waals surface area contributed by atoms with Crippen LogP contribution in [0.2, 0.25) is 0 Å². The van der Waals surface area contributed by atoms with Gasteiger partial charge < -0.3 is 10.1 Å². The molecule has 0 aromatic heterocycles. The molecule has 3 heteroatoms. The predicted octanol–water partition coefficient (Wildman–Crippen LogP) is 3.53. The van der Waals surface area contributed by atoms with Crippen molar-refractivity contribution in [3.63, 3.8) is 0 Å². The van der Waals surface area contributed by atoms with Crippen LogP contribution in [-0.2, 0) is 9.53 Å². The van der Waals surface area contributed by atoms with Crippen LogP contribution in [0.5, 0.6) is 0 Å². The fourth-order valence-electron chi connectivity index (χ4n) is 2.56. The van der Waals surface area contributed by atoms with Crippen molar-refractivity contribution in [1.82, 2.24) is 0 Å². The largest absolute Gasteiger partial charge is 0.461 e. The Hall–Kier alpha value is -1.51. The summed E-state index contributed by atoms with van der Waals surface area (Å²) in [5.41, 5.74) is 2.17. The molecule has 0 aliphatic heterocycles. The molecule has 0 amide bonds. The summed E-state index contributed by atoms with van der Waals surface area (Å²) in [4.78, 5) is 11.8. The van der Waals surface area contributed by atoms with Crippen LogP contribution in [0.4, 0.5) is 5.69 Å². The van der Waals surface area contributed by atoms with E-state index in [9.17, 15) is 4.79 Å². The van der Waals surface area contributed by atoms with Gasteiger partial charge in [-0.3, -0.25) is 4.79 Å². The van der Waals surface area contributed by atoms with Crippen molar-refractivity contribution < 1.29 is 9.53 Å². The fraction of sp³-hybridized carbons (Fsp3) is 0.562. The number of rotatable bonds is 4. The summed E-state index contributed by atoms with van der Waals surface area (Å²) in [5, 5.41) is 3.10. The second kappa shape index (κ2) is 6.60. The summed E-state index contributed by atoms with van der Waals surface area (Å²) in [6, 6.07) is 8.00. The minimum atomic E-state index is -0.153. The van der Waals surface area contributed by atoms with Gasteiger partial charge in [0.25, 0.3) is 0 Å². The quantitative estimate of drug-likeness (QED) is 0.843. The Kier molecular flexibility index (Phi) is 4.83. The summed E-state index contributed by atoms with van der Waals surface area (Å²) in [7, 11) is 0. The van der Waals surface area contributed by atoms with Crippen LogP contribution in [0.3, 0.4) is 0 Å². The molecule has 2 atom stereocenters. The van der Waals surface area contributed by atoms with Gasteiger partial charge in [-0.2, -0.15) is 0 Å². The van der Waals surface area contributed by atoms with Crippen molar-refractivity contribution in [2.45, 2.75) is 45.6 Å². The molecular weight excluding hydrogens is 238 g/mol. The molecule has 0 spiro atoms. The third kappa shape index (κ3) is 4.58. The summed E-state index contributed by atoms with van der Waals surface area (Å²) < 4.78 is 5.51. The van der Waals surface area contributed by atoms with Gasteiger partial charge in [-0.15, -0.1) is 0 Å². The number of carbonyl (C=O) groups is 1. The second-order valence-electron chi connectivity index (χ2n) is 5.60. The third-order valence-corrected chi connectivity index (χ3v) is 3.67. The van der Waals surface area contributed by atoms with E-state index in [0.717, 1.165) is 18.5 Å². The number of ether oxygens (including phenoxy) is 1. The van der Waals surface area contributed by atoms with Gasteiger partial charge >= 0.3 is 5.97 Å². The van der Waals surface area contributed by atoms with Gasteiger partial charge in [-0.1, -0.05) is 31.0 Å². The van der Waals surface area contributed by atoms with Gasteiger partial charge in [-0.25, -0.2) is 0 Å². The summed E-state index contributed by atoms with van der Waals surface area (Å²) in [6.45, 7) is 4.51. The highest BCUT2D eigenvalue weighted by Gasteiger charge is 2.21. The summed E-state index contributed by atoms with van der Waals surface area (Å²) in [5.74, 6) is 0.524. The average Bonchev–Trinajstić information content (AvgIpc) is 2.38. The van der Waals surface area contributed by atoms with Gasteiger partial charge in [0.05, 0.1) is 0 Å². The topological polar surface area (TPSA) is 38.3 Å². The zero-order valence-electron chi connectivity index (χ0n) is 11.8. The Morgan fingerprint density at radius 2 is 2.05 bits per heavy atom. The standard InChI is InChI=1S/C16H23NO2/c1-12-6-8-14(9-7-12)17-11-16(18)19-15-5-3-4-13(2)10-15/h6-9,13,15,17H,3-5,10-11H2,1-2H3. The van der Waals surface area contributed by atoms with Gasteiger partial charge in [0, 0.05) is 5.69 Å². The van der Waals surface area contributed by atoms with Crippen LogP contribution < -0.4 is 5.32 Å². The first kappa shape index (κ1) is 13.9. The van der Waals surface area contributed by atoms with E-state index < -0.39 is 0 Å². The Balaban J connectivity index is 1.73. The van der Waals surface area contributed by atoms with Crippen LogP contribution in [0.25, 0.3) is 0 Å². The predicted molar refractivity (Wildman–Crippen MR) is 77.2 cm³/mol. The molecule has 1 saturated carbocycles. The lowest BCUT2D eigenvalue weighted by Gasteiger charge is -2.26. The summed E-state index contributed by atoms with van der Waals surface area (Å²) in [6.07, 6.45) is 4.58. The molecule has 2 rings (SSSR count). The van der Waals surface area contributed by atoms with E-state index in [1.807, 2.05) is 31.2 Å². The Morgan fingerprint density at radius 3 is 2.74 bits per heavy atom. The van der Waals surface area contributed by atoms with Gasteiger partial charge in [0.2, 0.25) is 0 Å². The van der Waals surface area contributed by atoms with E-state index in [1.54, 1.807) is 0 Å². The number of anilines is 1. The Labute approximate surface area is 115 Å². The van der Waals surface area contributed by atoms with Crippen molar-refractivity contribution in [3.8, 4) is 0 Å². The molecule has 1 aromatic rings. The molecule has 0 heterocycles. The zero-order chi connectivity index (χ0) is 13.7. The number of carbonyl (C=O) groups excluding carboxylic acids is 1. The van der Waals surface area contributed by atoms with Crippen molar-refractivity contribution in [3.05, 3.63) is 29.8 Å². The maximum atomic E-state index is 11.8. The molecule has 104 valence electrons. The molecule has 0 saturated heterocycles. The first-order valence-electron chi connectivity index (χ1n) is 7.13. The number of hydrogen-bond donors (Lipinski definition) is 1. The van der Waals surface area contributed by atoms with E-state index in [4.69, 9.17) is 4.74 Å². The van der Waals surface area contributed by atoms with Crippen LogP contribution >= 0.6 is 0 Å². The highest BCUT2D eigenvalue weighted by atomic mass is 16.5. The number of hydrogen-bond acceptors (Lipinski definition) is 3. The monoisotopic (exact) mass is 261 g/mol. The van der Waals surface area contributed by atoms with Crippen molar-refractivity contribution >= 4 is 11.7 Å². The normalized spacial score (nSPS) is 22.8. The molecule has 1 aliphatic carbocycles. The molecule has 2 unspecified atom stereocenters. The Bertz CT molecular complexity index is 413. The van der Waals surface area contributed by atoms with E-state index in [-0.39, 0.29) is 18.6 Å². The fourth-order valence-corrected chi connectivity index (χ4v) is 2.56. The van der Waals surface area contributed by atoms with Crippen LogP contribution in [0.1, 0.15) is 38.2 Å². The van der Waals surface area contributed by atoms with Crippen molar-refractivity contribution in [2.24, 2.45) is 5.92 Å². The zero-order valence-corrected chi connectivity index (χ0v) is 11.8. The lowest BCUT2D eigenvalue weighted by Crippen LogP contribution is -2.27. The smallest absolute Gasteiger partial charge is 0.325 e. The molecular formula is C16H23NO2. The first-order chi connectivity index (χ1) is 9.13.